The minimum atomic E-state index is -0.454. The van der Waals surface area contributed by atoms with Crippen LogP contribution in [-0.4, -0.2) is 24.4 Å². The first-order chi connectivity index (χ1) is 15.0. The van der Waals surface area contributed by atoms with Gasteiger partial charge in [0.2, 0.25) is 5.91 Å². The van der Waals surface area contributed by atoms with Crippen LogP contribution in [0.3, 0.4) is 0 Å². The van der Waals surface area contributed by atoms with E-state index in [9.17, 15) is 18.8 Å². The Morgan fingerprint density at radius 3 is 2.13 bits per heavy atom. The standard InChI is InChI=1S/C23H21FN4O3/c24-17-7-5-11-20(15-17)27-22(30)16-6-4-10-19(14-16)26-21(29)12-13-25-23(31)28-18-8-2-1-3-9-18/h1-11,14-15H,12-13H2,(H,26,29)(H,27,30)(H2,25,28,31). The molecule has 0 saturated heterocycles. The van der Waals surface area contributed by atoms with Crippen LogP contribution in [0.5, 0.6) is 0 Å². The highest BCUT2D eigenvalue weighted by Gasteiger charge is 2.09. The molecule has 0 spiro atoms. The van der Waals surface area contributed by atoms with Crippen LogP contribution in [0, 0.1) is 5.82 Å². The number of urea groups is 1. The number of amides is 4. The van der Waals surface area contributed by atoms with Crippen molar-refractivity contribution in [2.24, 2.45) is 0 Å². The maximum Gasteiger partial charge on any atom is 0.319 e. The molecule has 3 rings (SSSR count). The van der Waals surface area contributed by atoms with Crippen LogP contribution in [0.1, 0.15) is 16.8 Å². The van der Waals surface area contributed by atoms with Gasteiger partial charge < -0.3 is 21.3 Å². The van der Waals surface area contributed by atoms with E-state index < -0.39 is 17.8 Å². The summed E-state index contributed by atoms with van der Waals surface area (Å²) in [6.07, 6.45) is 0.0575. The number of halogens is 1. The van der Waals surface area contributed by atoms with Gasteiger partial charge in [0, 0.05) is 35.6 Å². The lowest BCUT2D eigenvalue weighted by Crippen LogP contribution is -2.31. The van der Waals surface area contributed by atoms with E-state index in [1.54, 1.807) is 48.5 Å². The summed E-state index contributed by atoms with van der Waals surface area (Å²) in [6.45, 7) is 0.143. The van der Waals surface area contributed by atoms with E-state index in [2.05, 4.69) is 21.3 Å². The van der Waals surface area contributed by atoms with Crippen LogP contribution in [0.25, 0.3) is 0 Å². The highest BCUT2D eigenvalue weighted by atomic mass is 19.1. The van der Waals surface area contributed by atoms with Gasteiger partial charge in [-0.1, -0.05) is 30.3 Å². The van der Waals surface area contributed by atoms with Gasteiger partial charge in [-0.2, -0.15) is 0 Å². The quantitative estimate of drug-likeness (QED) is 0.460. The molecule has 0 aliphatic heterocycles. The number of hydrogen-bond donors (Lipinski definition) is 4. The zero-order valence-corrected chi connectivity index (χ0v) is 16.5. The Balaban J connectivity index is 1.47. The molecule has 4 amide bonds. The Morgan fingerprint density at radius 2 is 1.39 bits per heavy atom. The topological polar surface area (TPSA) is 99.3 Å². The maximum absolute atomic E-state index is 13.3. The second kappa shape index (κ2) is 10.5. The van der Waals surface area contributed by atoms with Crippen molar-refractivity contribution in [3.63, 3.8) is 0 Å². The molecule has 3 aromatic carbocycles. The van der Waals surface area contributed by atoms with Crippen LogP contribution in [0.2, 0.25) is 0 Å². The van der Waals surface area contributed by atoms with Gasteiger partial charge in [0.15, 0.2) is 0 Å². The van der Waals surface area contributed by atoms with Crippen molar-refractivity contribution in [1.82, 2.24) is 5.32 Å². The average molecular weight is 420 g/mol. The van der Waals surface area contributed by atoms with Crippen LogP contribution in [0.15, 0.2) is 78.9 Å². The van der Waals surface area contributed by atoms with E-state index in [1.165, 1.54) is 24.3 Å². The monoisotopic (exact) mass is 420 g/mol. The lowest BCUT2D eigenvalue weighted by molar-refractivity contribution is -0.116. The molecule has 0 bridgehead atoms. The summed E-state index contributed by atoms with van der Waals surface area (Å²) in [4.78, 5) is 36.3. The molecule has 0 radical (unpaired) electrons. The second-order valence-electron chi connectivity index (χ2n) is 6.59. The first-order valence-corrected chi connectivity index (χ1v) is 9.56. The Kier molecular flexibility index (Phi) is 7.31. The summed E-state index contributed by atoms with van der Waals surface area (Å²) in [5.74, 6) is -1.20. The van der Waals surface area contributed by atoms with Crippen molar-refractivity contribution >= 4 is 34.9 Å². The molecule has 0 unspecified atom stereocenters. The van der Waals surface area contributed by atoms with Crippen molar-refractivity contribution in [2.45, 2.75) is 6.42 Å². The Hall–Kier alpha value is -4.20. The highest BCUT2D eigenvalue weighted by molar-refractivity contribution is 6.05. The van der Waals surface area contributed by atoms with Crippen molar-refractivity contribution in [3.8, 4) is 0 Å². The van der Waals surface area contributed by atoms with Crippen molar-refractivity contribution in [3.05, 3.63) is 90.2 Å². The summed E-state index contributed by atoms with van der Waals surface area (Å²) in [6, 6.07) is 20.5. The number of benzene rings is 3. The smallest absolute Gasteiger partial charge is 0.319 e. The number of anilines is 3. The lowest BCUT2D eigenvalue weighted by atomic mass is 10.1. The fourth-order valence-corrected chi connectivity index (χ4v) is 2.72. The van der Waals surface area contributed by atoms with Gasteiger partial charge in [-0.3, -0.25) is 9.59 Å². The van der Waals surface area contributed by atoms with E-state index >= 15 is 0 Å². The molecule has 31 heavy (non-hydrogen) atoms. The van der Waals surface area contributed by atoms with Crippen LogP contribution in [-0.2, 0) is 4.79 Å². The molecule has 0 saturated carbocycles. The normalized spacial score (nSPS) is 10.1. The summed E-state index contributed by atoms with van der Waals surface area (Å²) in [5, 5.41) is 10.5. The number of hydrogen-bond acceptors (Lipinski definition) is 3. The summed E-state index contributed by atoms with van der Waals surface area (Å²) < 4.78 is 13.3. The Morgan fingerprint density at radius 1 is 0.710 bits per heavy atom. The fraction of sp³-hybridized carbons (Fsp3) is 0.0870. The summed E-state index contributed by atoms with van der Waals surface area (Å²) in [7, 11) is 0. The van der Waals surface area contributed by atoms with Crippen molar-refractivity contribution in [2.75, 3.05) is 22.5 Å². The molecule has 3 aromatic rings. The van der Waals surface area contributed by atoms with Gasteiger partial charge in [-0.25, -0.2) is 9.18 Å². The number of rotatable bonds is 7. The van der Waals surface area contributed by atoms with E-state index in [0.717, 1.165) is 0 Å². The zero-order valence-electron chi connectivity index (χ0n) is 16.5. The van der Waals surface area contributed by atoms with E-state index in [4.69, 9.17) is 0 Å². The maximum atomic E-state index is 13.3. The molecule has 0 aliphatic carbocycles. The predicted octanol–water partition coefficient (Wildman–Crippen LogP) is 4.23. The molecule has 8 heteroatoms. The third kappa shape index (κ3) is 6.97. The summed E-state index contributed by atoms with van der Waals surface area (Å²) in [5.41, 5.74) is 1.73. The largest absolute Gasteiger partial charge is 0.337 e. The van der Waals surface area contributed by atoms with Gasteiger partial charge >= 0.3 is 6.03 Å². The van der Waals surface area contributed by atoms with Crippen LogP contribution in [0.4, 0.5) is 26.2 Å². The fourth-order valence-electron chi connectivity index (χ4n) is 2.72. The molecule has 0 aromatic heterocycles. The van der Waals surface area contributed by atoms with Gasteiger partial charge in [-0.15, -0.1) is 0 Å². The number of para-hydroxylation sites is 1. The van der Waals surface area contributed by atoms with E-state index in [1.807, 2.05) is 6.07 Å². The molecule has 0 atom stereocenters. The third-order valence-electron chi connectivity index (χ3n) is 4.16. The Labute approximate surface area is 178 Å². The molecule has 0 aliphatic rings. The van der Waals surface area contributed by atoms with Gasteiger partial charge in [-0.05, 0) is 48.5 Å². The number of carbonyl (C=O) groups is 3. The average Bonchev–Trinajstić information content (AvgIpc) is 2.74. The number of carbonyl (C=O) groups excluding carboxylic acids is 3. The first-order valence-electron chi connectivity index (χ1n) is 9.56. The van der Waals surface area contributed by atoms with Gasteiger partial charge in [0.05, 0.1) is 0 Å². The number of nitrogens with one attached hydrogen (secondary N) is 4. The van der Waals surface area contributed by atoms with Gasteiger partial charge in [0.1, 0.15) is 5.82 Å². The lowest BCUT2D eigenvalue weighted by Gasteiger charge is -2.10. The zero-order chi connectivity index (χ0) is 22.1. The van der Waals surface area contributed by atoms with Crippen LogP contribution < -0.4 is 21.3 Å². The molecule has 158 valence electrons. The minimum Gasteiger partial charge on any atom is -0.337 e. The first kappa shape index (κ1) is 21.5. The molecule has 0 heterocycles. The van der Waals surface area contributed by atoms with E-state index in [0.29, 0.717) is 22.6 Å². The predicted molar refractivity (Wildman–Crippen MR) is 118 cm³/mol. The molecular formula is C23H21FN4O3. The minimum absolute atomic E-state index is 0.0575. The van der Waals surface area contributed by atoms with Gasteiger partial charge in [0.25, 0.3) is 5.91 Å². The molecular weight excluding hydrogens is 399 g/mol. The Bertz CT molecular complexity index is 1070. The van der Waals surface area contributed by atoms with E-state index in [-0.39, 0.29) is 18.9 Å². The van der Waals surface area contributed by atoms with Crippen molar-refractivity contribution in [1.29, 1.82) is 0 Å². The second-order valence-corrected chi connectivity index (χ2v) is 6.59. The summed E-state index contributed by atoms with van der Waals surface area (Å²) >= 11 is 0. The highest BCUT2D eigenvalue weighted by Crippen LogP contribution is 2.15. The van der Waals surface area contributed by atoms with Crippen molar-refractivity contribution < 1.29 is 18.8 Å². The third-order valence-corrected chi connectivity index (χ3v) is 4.16. The molecule has 4 N–H and O–H groups in total. The SMILES string of the molecule is O=C(CCNC(=O)Nc1ccccc1)Nc1cccc(C(=O)Nc2cccc(F)c2)c1. The molecule has 7 nitrogen and oxygen atoms in total. The molecule has 0 fully saturated rings. The van der Waals surface area contributed by atoms with Crippen LogP contribution >= 0.6 is 0 Å².